The average molecular weight is 1090 g/mol. The molecule has 13 unspecified atom stereocenters. The van der Waals surface area contributed by atoms with Gasteiger partial charge in [-0.3, -0.25) is 34.0 Å². The van der Waals surface area contributed by atoms with Gasteiger partial charge in [-0.25, -0.2) is 4.98 Å². The Kier molecular flexibility index (Phi) is 25.8. The molecule has 4 rings (SSSR count). The van der Waals surface area contributed by atoms with E-state index in [0.717, 1.165) is 10.6 Å². The van der Waals surface area contributed by atoms with Crippen molar-refractivity contribution in [3.05, 3.63) is 63.9 Å². The molecular formula is C54H88N10O11S. The third kappa shape index (κ3) is 17.3. The first kappa shape index (κ1) is 63.6. The van der Waals surface area contributed by atoms with Crippen LogP contribution >= 0.6 is 11.3 Å². The second-order valence-electron chi connectivity index (χ2n) is 21.1. The summed E-state index contributed by atoms with van der Waals surface area (Å²) < 4.78 is 12.2. The van der Waals surface area contributed by atoms with Crippen LogP contribution in [0.2, 0.25) is 0 Å². The topological polar surface area (TPSA) is 285 Å². The molecule has 5 amide bonds. The molecule has 0 bridgehead atoms. The number of methoxy groups -OCH3 is 2. The Labute approximate surface area is 453 Å². The van der Waals surface area contributed by atoms with Gasteiger partial charge in [0.05, 0.1) is 72.3 Å². The molecule has 76 heavy (non-hydrogen) atoms. The SMILES string of the molecule is CCC(=O)NCCc1nn[nH]c1CC(O)C(O)C(O)C(O)CN(C)C(C(=O)NC(C(=O)N(C)C(C(C)CC)C(CC(=O)N1CCCC1C(OC)C(C)C(=O)NC(Cc1ccccc1)c1nccs1)OC)C(C)C)C(C)C. The van der Waals surface area contributed by atoms with Crippen molar-refractivity contribution in [3.8, 4) is 0 Å². The van der Waals surface area contributed by atoms with Crippen LogP contribution in [-0.2, 0) is 52.7 Å². The van der Waals surface area contributed by atoms with Crippen molar-refractivity contribution < 1.29 is 53.9 Å². The molecule has 0 saturated carbocycles. The second-order valence-corrected chi connectivity index (χ2v) is 22.0. The smallest absolute Gasteiger partial charge is 0.245 e. The van der Waals surface area contributed by atoms with E-state index in [1.807, 2.05) is 84.2 Å². The van der Waals surface area contributed by atoms with Gasteiger partial charge >= 0.3 is 0 Å². The number of amides is 5. The quantitative estimate of drug-likeness (QED) is 0.0446. The minimum Gasteiger partial charge on any atom is -0.390 e. The maximum Gasteiger partial charge on any atom is 0.245 e. The summed E-state index contributed by atoms with van der Waals surface area (Å²) in [4.78, 5) is 78.7. The number of carbonyl (C=O) groups is 5. The van der Waals surface area contributed by atoms with Crippen LogP contribution in [0.15, 0.2) is 41.9 Å². The molecule has 21 nitrogen and oxygen atoms in total. The van der Waals surface area contributed by atoms with E-state index in [-0.39, 0.29) is 73.4 Å². The molecule has 0 aliphatic carbocycles. The third-order valence-electron chi connectivity index (χ3n) is 14.9. The van der Waals surface area contributed by atoms with Crippen molar-refractivity contribution in [3.63, 3.8) is 0 Å². The first-order valence-corrected chi connectivity index (χ1v) is 27.7. The van der Waals surface area contributed by atoms with Crippen LogP contribution in [0, 0.1) is 23.7 Å². The van der Waals surface area contributed by atoms with Gasteiger partial charge < -0.3 is 55.7 Å². The first-order chi connectivity index (χ1) is 36.1. The Morgan fingerprint density at radius 3 is 2.17 bits per heavy atom. The standard InChI is InChI=1S/C54H88N10O11S/c1-13-33(7)47(42(74-11)29-44(68)64-25-18-21-39(64)50(75-12)34(8)51(71)57-38(53-56-24-26-76-53)27-35-19-16-15-17-20-35)63(10)54(73)45(31(3)4)58-52(72)46(32(5)6)62(9)30-41(66)49(70)48(69)40(65)28-37-36(59-61-60-37)22-23-55-43(67)14-2/h15-17,19-20,24,26,31-34,38-42,45-50,65-66,69-70H,13-14,18,21-23,25,27-30H2,1-12H3,(H,55,67)(H,57,71)(H,58,72)(H,59,60,61). The maximum absolute atomic E-state index is 14.7. The van der Waals surface area contributed by atoms with Gasteiger partial charge in [0.15, 0.2) is 0 Å². The van der Waals surface area contributed by atoms with Crippen molar-refractivity contribution >= 4 is 40.9 Å². The highest BCUT2D eigenvalue weighted by Gasteiger charge is 2.44. The zero-order valence-electron chi connectivity index (χ0n) is 46.7. The number of hydrogen-bond donors (Lipinski definition) is 8. The van der Waals surface area contributed by atoms with E-state index in [1.54, 1.807) is 44.1 Å². The number of likely N-dealkylation sites (N-methyl/N-ethyl adjacent to an activating group) is 2. The van der Waals surface area contributed by atoms with E-state index < -0.39 is 72.6 Å². The predicted molar refractivity (Wildman–Crippen MR) is 288 cm³/mol. The summed E-state index contributed by atoms with van der Waals surface area (Å²) in [5, 5.41) is 66.2. The number of aromatic amines is 1. The lowest BCUT2D eigenvalue weighted by Crippen LogP contribution is -2.60. The second kappa shape index (κ2) is 30.9. The Morgan fingerprint density at radius 2 is 1.58 bits per heavy atom. The number of ether oxygens (including phenoxy) is 2. The number of aliphatic hydroxyl groups excluding tert-OH is 4. The molecule has 8 N–H and O–H groups in total. The number of rotatable bonds is 32. The number of thiazole rings is 1. The Morgan fingerprint density at radius 1 is 0.895 bits per heavy atom. The minimum atomic E-state index is -1.82. The molecule has 3 aromatic rings. The van der Waals surface area contributed by atoms with Gasteiger partial charge in [-0.2, -0.15) is 0 Å². The van der Waals surface area contributed by atoms with Gasteiger partial charge in [-0.05, 0) is 49.6 Å². The van der Waals surface area contributed by atoms with Crippen molar-refractivity contribution in [2.24, 2.45) is 23.7 Å². The molecule has 1 saturated heterocycles. The fourth-order valence-electron chi connectivity index (χ4n) is 10.4. The summed E-state index contributed by atoms with van der Waals surface area (Å²) in [6.45, 7) is 15.3. The normalized spacial score (nSPS) is 18.7. The van der Waals surface area contributed by atoms with E-state index in [1.165, 1.54) is 23.3 Å². The highest BCUT2D eigenvalue weighted by molar-refractivity contribution is 7.09. The van der Waals surface area contributed by atoms with Crippen LogP contribution in [-0.4, -0.2) is 194 Å². The Hall–Kier alpha value is -4.94. The Balaban J connectivity index is 1.43. The minimum absolute atomic E-state index is 0.0555. The van der Waals surface area contributed by atoms with E-state index >= 15 is 0 Å². The van der Waals surface area contributed by atoms with Crippen LogP contribution in [0.4, 0.5) is 0 Å². The molecule has 22 heteroatoms. The molecule has 3 heterocycles. The molecule has 0 spiro atoms. The number of nitrogens with one attached hydrogen (secondary N) is 4. The molecule has 1 aliphatic heterocycles. The summed E-state index contributed by atoms with van der Waals surface area (Å²) in [5.41, 5.74) is 1.92. The summed E-state index contributed by atoms with van der Waals surface area (Å²) in [6, 6.07) is 6.65. The van der Waals surface area contributed by atoms with Gasteiger partial charge in [-0.1, -0.05) is 97.4 Å². The number of nitrogens with zero attached hydrogens (tertiary/aromatic N) is 6. The lowest BCUT2D eigenvalue weighted by Gasteiger charge is -2.41. The number of aromatic nitrogens is 4. The van der Waals surface area contributed by atoms with Crippen LogP contribution in [0.1, 0.15) is 115 Å². The number of benzene rings is 1. The molecular weight excluding hydrogens is 997 g/mol. The Bertz CT molecular complexity index is 2240. The molecule has 1 aromatic carbocycles. The molecule has 426 valence electrons. The van der Waals surface area contributed by atoms with Crippen molar-refractivity contribution in [2.75, 3.05) is 47.9 Å². The van der Waals surface area contributed by atoms with Crippen LogP contribution in [0.5, 0.6) is 0 Å². The summed E-state index contributed by atoms with van der Waals surface area (Å²) in [5.74, 6) is -2.91. The number of carbonyl (C=O) groups excluding carboxylic acids is 5. The number of H-pyrrole nitrogens is 1. The fourth-order valence-corrected chi connectivity index (χ4v) is 11.1. The molecule has 13 atom stereocenters. The third-order valence-corrected chi connectivity index (χ3v) is 15.8. The monoisotopic (exact) mass is 1080 g/mol. The molecule has 1 aliphatic rings. The lowest BCUT2D eigenvalue weighted by atomic mass is 9.89. The predicted octanol–water partition coefficient (Wildman–Crippen LogP) is 2.43. The van der Waals surface area contributed by atoms with Gasteiger partial charge in [0.25, 0.3) is 0 Å². The summed E-state index contributed by atoms with van der Waals surface area (Å²) in [7, 11) is 6.33. The van der Waals surface area contributed by atoms with Crippen molar-refractivity contribution in [1.29, 1.82) is 0 Å². The van der Waals surface area contributed by atoms with E-state index in [9.17, 15) is 44.4 Å². The van der Waals surface area contributed by atoms with Crippen molar-refractivity contribution in [2.45, 2.75) is 174 Å². The number of aliphatic hydroxyl groups is 4. The van der Waals surface area contributed by atoms with Crippen LogP contribution < -0.4 is 16.0 Å². The first-order valence-electron chi connectivity index (χ1n) is 26.8. The zero-order chi connectivity index (χ0) is 56.4. The van der Waals surface area contributed by atoms with Gasteiger partial charge in [0.2, 0.25) is 29.5 Å². The van der Waals surface area contributed by atoms with E-state index in [2.05, 4.69) is 36.3 Å². The van der Waals surface area contributed by atoms with Gasteiger partial charge in [-0.15, -0.1) is 16.4 Å². The highest BCUT2D eigenvalue weighted by atomic mass is 32.1. The van der Waals surface area contributed by atoms with E-state index in [4.69, 9.17) is 9.47 Å². The zero-order valence-corrected chi connectivity index (χ0v) is 47.5. The van der Waals surface area contributed by atoms with Crippen LogP contribution in [0.25, 0.3) is 0 Å². The summed E-state index contributed by atoms with van der Waals surface area (Å²) in [6.07, 6.45) is -3.45. The lowest BCUT2D eigenvalue weighted by molar-refractivity contribution is -0.148. The van der Waals surface area contributed by atoms with Crippen molar-refractivity contribution in [1.82, 2.24) is 51.0 Å². The summed E-state index contributed by atoms with van der Waals surface area (Å²) >= 11 is 1.48. The largest absolute Gasteiger partial charge is 0.390 e. The van der Waals surface area contributed by atoms with Gasteiger partial charge in [0.1, 0.15) is 23.3 Å². The van der Waals surface area contributed by atoms with Gasteiger partial charge in [0, 0.05) is 71.7 Å². The average Bonchev–Trinajstić information content (AvgIpc) is 4.21. The number of likely N-dealkylation sites (tertiary alicyclic amines) is 1. The van der Waals surface area contributed by atoms with E-state index in [0.29, 0.717) is 56.5 Å². The maximum atomic E-state index is 14.7. The molecule has 1 fully saturated rings. The fraction of sp³-hybridized carbons (Fsp3) is 0.704. The van der Waals surface area contributed by atoms with Crippen LogP contribution in [0.3, 0.4) is 0 Å². The molecule has 2 aromatic heterocycles. The molecule has 0 radical (unpaired) electrons. The highest BCUT2D eigenvalue weighted by Crippen LogP contribution is 2.31. The number of hydrogen-bond acceptors (Lipinski definition) is 16.